The molecule has 2 aliphatic heterocycles. The van der Waals surface area contributed by atoms with Gasteiger partial charge in [0.15, 0.2) is 11.5 Å². The molecule has 2 heterocycles. The predicted molar refractivity (Wildman–Crippen MR) is 144 cm³/mol. The zero-order valence-electron chi connectivity index (χ0n) is 23.1. The molecule has 0 unspecified atom stereocenters. The van der Waals surface area contributed by atoms with Crippen molar-refractivity contribution in [3.05, 3.63) is 53.1 Å². The van der Waals surface area contributed by atoms with Gasteiger partial charge in [0.05, 0.1) is 39.9 Å². The van der Waals surface area contributed by atoms with E-state index in [0.29, 0.717) is 49.1 Å². The van der Waals surface area contributed by atoms with Crippen LogP contribution in [0.5, 0.6) is 17.2 Å². The predicted octanol–water partition coefficient (Wildman–Crippen LogP) is 3.19. The molecule has 4 rings (SSSR count). The van der Waals surface area contributed by atoms with E-state index in [1.807, 2.05) is 53.1 Å². The maximum Gasteiger partial charge on any atom is 0.254 e. The third-order valence-electron chi connectivity index (χ3n) is 7.49. The molecule has 2 aliphatic rings. The van der Waals surface area contributed by atoms with Crippen LogP contribution >= 0.6 is 0 Å². The van der Waals surface area contributed by atoms with E-state index in [1.165, 1.54) is 0 Å². The van der Waals surface area contributed by atoms with Crippen LogP contribution in [0, 0.1) is 0 Å². The second-order valence-electron chi connectivity index (χ2n) is 9.63. The highest BCUT2D eigenvalue weighted by Crippen LogP contribution is 2.48. The average molecular weight is 526 g/mol. The van der Waals surface area contributed by atoms with Crippen LogP contribution in [0.1, 0.15) is 46.8 Å². The van der Waals surface area contributed by atoms with Gasteiger partial charge >= 0.3 is 0 Å². The molecule has 1 saturated heterocycles. The van der Waals surface area contributed by atoms with Crippen LogP contribution in [0.4, 0.5) is 0 Å². The minimum atomic E-state index is -0.566. The van der Waals surface area contributed by atoms with Crippen LogP contribution in [-0.2, 0) is 9.53 Å². The smallest absolute Gasteiger partial charge is 0.254 e. The van der Waals surface area contributed by atoms with Gasteiger partial charge in [-0.15, -0.1) is 0 Å². The van der Waals surface area contributed by atoms with E-state index in [-0.39, 0.29) is 11.8 Å². The van der Waals surface area contributed by atoms with E-state index in [4.69, 9.17) is 18.9 Å². The van der Waals surface area contributed by atoms with Crippen molar-refractivity contribution in [2.45, 2.75) is 25.3 Å². The third-order valence-corrected chi connectivity index (χ3v) is 7.49. The Morgan fingerprint density at radius 1 is 0.921 bits per heavy atom. The maximum absolute atomic E-state index is 14.4. The van der Waals surface area contributed by atoms with E-state index in [0.717, 1.165) is 37.2 Å². The molecule has 9 heteroatoms. The number of carbonyl (C=O) groups is 2. The summed E-state index contributed by atoms with van der Waals surface area (Å²) in [5.41, 5.74) is 2.12. The fourth-order valence-corrected chi connectivity index (χ4v) is 5.60. The number of methoxy groups -OCH3 is 4. The summed E-state index contributed by atoms with van der Waals surface area (Å²) in [6, 6.07) is 10.7. The molecule has 0 radical (unpaired) electrons. The SMILES string of the molecule is CCCN1C(=O)c2ccccc2[C@@H](C(=O)N2CCN(CCOC)CC2)[C@H]1c1cc(OC)c(OC)c(OC)c1. The Morgan fingerprint density at radius 2 is 1.58 bits per heavy atom. The van der Waals surface area contributed by atoms with Gasteiger partial charge in [-0.3, -0.25) is 14.5 Å². The molecule has 38 heavy (non-hydrogen) atoms. The van der Waals surface area contributed by atoms with Gasteiger partial charge in [0, 0.05) is 51.9 Å². The van der Waals surface area contributed by atoms with Gasteiger partial charge < -0.3 is 28.7 Å². The van der Waals surface area contributed by atoms with Crippen LogP contribution in [-0.4, -0.2) is 101 Å². The van der Waals surface area contributed by atoms with Crippen LogP contribution in [0.15, 0.2) is 36.4 Å². The fourth-order valence-electron chi connectivity index (χ4n) is 5.60. The second-order valence-corrected chi connectivity index (χ2v) is 9.63. The van der Waals surface area contributed by atoms with E-state index in [1.54, 1.807) is 28.4 Å². The van der Waals surface area contributed by atoms with E-state index >= 15 is 0 Å². The first-order chi connectivity index (χ1) is 18.5. The highest BCUT2D eigenvalue weighted by molar-refractivity contribution is 6.01. The van der Waals surface area contributed by atoms with Crippen molar-refractivity contribution in [1.29, 1.82) is 0 Å². The molecule has 0 saturated carbocycles. The molecule has 0 N–H and O–H groups in total. The minimum absolute atomic E-state index is 0.0243. The number of fused-ring (bicyclic) bond motifs is 1. The Kier molecular flexibility index (Phi) is 9.12. The number of nitrogens with zero attached hydrogens (tertiary/aromatic N) is 3. The molecule has 0 bridgehead atoms. The number of piperazine rings is 1. The molecule has 0 spiro atoms. The van der Waals surface area contributed by atoms with E-state index in [2.05, 4.69) is 4.90 Å². The first kappa shape index (κ1) is 27.7. The molecule has 0 aliphatic carbocycles. The number of hydrogen-bond acceptors (Lipinski definition) is 7. The van der Waals surface area contributed by atoms with Crippen molar-refractivity contribution < 1.29 is 28.5 Å². The van der Waals surface area contributed by atoms with Gasteiger partial charge in [-0.1, -0.05) is 25.1 Å². The van der Waals surface area contributed by atoms with Crippen molar-refractivity contribution in [3.8, 4) is 17.2 Å². The lowest BCUT2D eigenvalue weighted by molar-refractivity contribution is -0.136. The van der Waals surface area contributed by atoms with Crippen LogP contribution in [0.2, 0.25) is 0 Å². The van der Waals surface area contributed by atoms with Gasteiger partial charge in [0.25, 0.3) is 5.91 Å². The van der Waals surface area contributed by atoms with Crippen molar-refractivity contribution in [3.63, 3.8) is 0 Å². The van der Waals surface area contributed by atoms with E-state index < -0.39 is 12.0 Å². The number of ether oxygens (including phenoxy) is 4. The van der Waals surface area contributed by atoms with Gasteiger partial charge in [-0.2, -0.15) is 0 Å². The van der Waals surface area contributed by atoms with Crippen molar-refractivity contribution in [2.24, 2.45) is 0 Å². The van der Waals surface area contributed by atoms with Gasteiger partial charge in [0.1, 0.15) is 0 Å². The lowest BCUT2D eigenvalue weighted by atomic mass is 9.78. The Balaban J connectivity index is 1.80. The van der Waals surface area contributed by atoms with Crippen LogP contribution < -0.4 is 14.2 Å². The lowest BCUT2D eigenvalue weighted by Gasteiger charge is -2.44. The number of amides is 2. The Hall–Kier alpha value is -3.30. The van der Waals surface area contributed by atoms with Crippen molar-refractivity contribution in [2.75, 3.05) is 74.3 Å². The summed E-state index contributed by atoms with van der Waals surface area (Å²) in [5, 5.41) is 0. The van der Waals surface area contributed by atoms with Gasteiger partial charge in [0.2, 0.25) is 11.7 Å². The zero-order chi connectivity index (χ0) is 27.2. The Morgan fingerprint density at radius 3 is 2.16 bits per heavy atom. The van der Waals surface area contributed by atoms with Crippen molar-refractivity contribution >= 4 is 11.8 Å². The molecule has 9 nitrogen and oxygen atoms in total. The molecule has 2 aromatic rings. The molecule has 0 aromatic heterocycles. The standard InChI is InChI=1S/C29H39N3O6/c1-6-11-32-26(20-18-23(36-3)27(38-5)24(19-20)37-4)25(21-9-7-8-10-22(21)28(32)33)29(34)31-14-12-30(13-15-31)16-17-35-2/h7-10,18-19,25-26H,6,11-17H2,1-5H3/t25-,26-/m1/s1. The summed E-state index contributed by atoms with van der Waals surface area (Å²) in [6.07, 6.45) is 0.758. The molecule has 2 amide bonds. The summed E-state index contributed by atoms with van der Waals surface area (Å²) in [6.45, 7) is 6.90. The molecular formula is C29H39N3O6. The quantitative estimate of drug-likeness (QED) is 0.471. The number of benzene rings is 2. The Labute approximate surface area is 225 Å². The highest BCUT2D eigenvalue weighted by Gasteiger charge is 2.46. The minimum Gasteiger partial charge on any atom is -0.493 e. The fraction of sp³-hybridized carbons (Fsp3) is 0.517. The maximum atomic E-state index is 14.4. The number of hydrogen-bond donors (Lipinski definition) is 0. The molecule has 2 aromatic carbocycles. The summed E-state index contributed by atoms with van der Waals surface area (Å²) >= 11 is 0. The largest absolute Gasteiger partial charge is 0.493 e. The summed E-state index contributed by atoms with van der Waals surface area (Å²) < 4.78 is 22.0. The number of rotatable bonds is 10. The normalized spacial score (nSPS) is 19.8. The van der Waals surface area contributed by atoms with Gasteiger partial charge in [-0.05, 0) is 35.7 Å². The number of carbonyl (C=O) groups excluding carboxylic acids is 2. The Bertz CT molecular complexity index is 1110. The van der Waals surface area contributed by atoms with Crippen molar-refractivity contribution in [1.82, 2.24) is 14.7 Å². The molecule has 2 atom stereocenters. The zero-order valence-corrected chi connectivity index (χ0v) is 23.1. The third kappa shape index (κ3) is 5.31. The molecule has 206 valence electrons. The summed E-state index contributed by atoms with van der Waals surface area (Å²) in [4.78, 5) is 34.3. The van der Waals surface area contributed by atoms with Crippen LogP contribution in [0.25, 0.3) is 0 Å². The van der Waals surface area contributed by atoms with Gasteiger partial charge in [-0.25, -0.2) is 0 Å². The topological polar surface area (TPSA) is 80.8 Å². The summed E-state index contributed by atoms with van der Waals surface area (Å²) in [7, 11) is 6.39. The molecule has 1 fully saturated rings. The second kappa shape index (κ2) is 12.5. The van der Waals surface area contributed by atoms with E-state index in [9.17, 15) is 9.59 Å². The molecular weight excluding hydrogens is 486 g/mol. The first-order valence-electron chi connectivity index (χ1n) is 13.2. The first-order valence-corrected chi connectivity index (χ1v) is 13.2. The lowest BCUT2D eigenvalue weighted by Crippen LogP contribution is -2.53. The summed E-state index contributed by atoms with van der Waals surface area (Å²) in [5.74, 6) is 0.832. The average Bonchev–Trinajstić information content (AvgIpc) is 2.96. The van der Waals surface area contributed by atoms with Crippen LogP contribution in [0.3, 0.4) is 0 Å². The highest BCUT2D eigenvalue weighted by atomic mass is 16.5. The monoisotopic (exact) mass is 525 g/mol.